The van der Waals surface area contributed by atoms with Gasteiger partial charge in [-0.25, -0.2) is 5.90 Å². The molecule has 0 bridgehead atoms. The third-order valence-electron chi connectivity index (χ3n) is 2.89. The Hall–Kier alpha value is -0.0800. The summed E-state index contributed by atoms with van der Waals surface area (Å²) in [7, 11) is 0. The molecule has 0 saturated carbocycles. The van der Waals surface area contributed by atoms with Gasteiger partial charge in [0.1, 0.15) is 0 Å². The lowest BCUT2D eigenvalue weighted by Gasteiger charge is -2.04. The third kappa shape index (κ3) is 19.5. The first-order valence-electron chi connectivity index (χ1n) is 7.03. The summed E-state index contributed by atoms with van der Waals surface area (Å²) in [6.45, 7) is 6.93. The molecule has 0 rings (SSSR count). The van der Waals surface area contributed by atoms with E-state index >= 15 is 0 Å². The molecule has 0 aliphatic rings. The molecule has 0 spiro atoms. The zero-order valence-corrected chi connectivity index (χ0v) is 11.7. The molecular weight excluding hydrogens is 198 g/mol. The summed E-state index contributed by atoms with van der Waals surface area (Å²) >= 11 is 0. The highest BCUT2D eigenvalue weighted by atomic mass is 16.4. The Labute approximate surface area is 103 Å². The van der Waals surface area contributed by atoms with Crippen molar-refractivity contribution < 1.29 is 5.21 Å². The van der Waals surface area contributed by atoms with Crippen LogP contribution in [0.2, 0.25) is 0 Å². The van der Waals surface area contributed by atoms with E-state index in [1.807, 2.05) is 0 Å². The van der Waals surface area contributed by atoms with Crippen LogP contribution in [0, 0.1) is 5.92 Å². The van der Waals surface area contributed by atoms with Gasteiger partial charge in [0.05, 0.1) is 0 Å². The van der Waals surface area contributed by atoms with Crippen LogP contribution in [0.5, 0.6) is 0 Å². The third-order valence-corrected chi connectivity index (χ3v) is 2.89. The highest BCUT2D eigenvalue weighted by Gasteiger charge is 1.94. The Morgan fingerprint density at radius 3 is 1.50 bits per heavy atom. The van der Waals surface area contributed by atoms with Crippen LogP contribution in [0.3, 0.4) is 0 Å². The molecule has 0 aromatic heterocycles. The largest absolute Gasteiger partial charge is 0.320 e. The Kier molecular flexibility index (Phi) is 19.8. The molecular formula is C14H33NO. The molecule has 100 valence electrons. The topological polar surface area (TPSA) is 46.2 Å². The minimum Gasteiger partial charge on any atom is -0.320 e. The van der Waals surface area contributed by atoms with Crippen molar-refractivity contribution >= 4 is 0 Å². The first kappa shape index (κ1) is 18.3. The lowest BCUT2D eigenvalue weighted by atomic mass is 10.0. The van der Waals surface area contributed by atoms with Gasteiger partial charge in [0.15, 0.2) is 0 Å². The van der Waals surface area contributed by atoms with Crippen LogP contribution in [0.4, 0.5) is 0 Å². The molecule has 0 aromatic carbocycles. The van der Waals surface area contributed by atoms with Crippen LogP contribution in [-0.4, -0.2) is 5.21 Å². The normalized spacial score (nSPS) is 10.1. The van der Waals surface area contributed by atoms with Crippen molar-refractivity contribution in [3.8, 4) is 0 Å². The summed E-state index contributed by atoms with van der Waals surface area (Å²) < 4.78 is 0. The van der Waals surface area contributed by atoms with E-state index < -0.39 is 0 Å². The monoisotopic (exact) mass is 231 g/mol. The zero-order chi connectivity index (χ0) is 12.6. The molecule has 0 heterocycles. The van der Waals surface area contributed by atoms with Crippen LogP contribution in [0.15, 0.2) is 0 Å². The van der Waals surface area contributed by atoms with Gasteiger partial charge in [0.2, 0.25) is 0 Å². The molecule has 0 radical (unpaired) electrons. The van der Waals surface area contributed by atoms with Crippen molar-refractivity contribution in [1.29, 1.82) is 0 Å². The fraction of sp³-hybridized carbons (Fsp3) is 1.00. The number of hydrogen-bond acceptors (Lipinski definition) is 2. The van der Waals surface area contributed by atoms with E-state index in [0.717, 1.165) is 5.92 Å². The molecule has 3 N–H and O–H groups in total. The SMILES string of the molecule is CCCCCCCCCCCC(C)C.NO. The van der Waals surface area contributed by atoms with Gasteiger partial charge in [-0.05, 0) is 5.92 Å². The molecule has 0 fully saturated rings. The summed E-state index contributed by atoms with van der Waals surface area (Å²) in [4.78, 5) is 0. The summed E-state index contributed by atoms with van der Waals surface area (Å²) in [5, 5.41) is 6.50. The highest BCUT2D eigenvalue weighted by molar-refractivity contribution is 4.49. The van der Waals surface area contributed by atoms with Crippen LogP contribution < -0.4 is 5.90 Å². The van der Waals surface area contributed by atoms with Gasteiger partial charge in [-0.1, -0.05) is 85.0 Å². The predicted octanol–water partition coefficient (Wildman–Crippen LogP) is 4.90. The molecule has 0 saturated heterocycles. The van der Waals surface area contributed by atoms with Gasteiger partial charge in [0, 0.05) is 0 Å². The Morgan fingerprint density at radius 1 is 0.750 bits per heavy atom. The Balaban J connectivity index is 0. The molecule has 0 unspecified atom stereocenters. The Bertz CT molecular complexity index is 105. The summed E-state index contributed by atoms with van der Waals surface area (Å²) in [5.74, 6) is 4.40. The van der Waals surface area contributed by atoms with Crippen molar-refractivity contribution in [1.82, 2.24) is 0 Å². The van der Waals surface area contributed by atoms with E-state index in [-0.39, 0.29) is 0 Å². The molecule has 0 aliphatic heterocycles. The van der Waals surface area contributed by atoms with Crippen LogP contribution >= 0.6 is 0 Å². The molecule has 16 heavy (non-hydrogen) atoms. The van der Waals surface area contributed by atoms with Gasteiger partial charge in [-0.2, -0.15) is 0 Å². The first-order valence-corrected chi connectivity index (χ1v) is 7.03. The smallest absolute Gasteiger partial charge is 0.0471 e. The van der Waals surface area contributed by atoms with E-state index in [9.17, 15) is 0 Å². The Morgan fingerprint density at radius 2 is 1.12 bits per heavy atom. The van der Waals surface area contributed by atoms with Crippen LogP contribution in [0.1, 0.15) is 85.0 Å². The first-order chi connectivity index (χ1) is 7.77. The van der Waals surface area contributed by atoms with Gasteiger partial charge in [-0.15, -0.1) is 0 Å². The molecule has 0 atom stereocenters. The van der Waals surface area contributed by atoms with Crippen molar-refractivity contribution in [3.05, 3.63) is 0 Å². The average molecular weight is 231 g/mol. The van der Waals surface area contributed by atoms with E-state index in [1.54, 1.807) is 0 Å². The summed E-state index contributed by atoms with van der Waals surface area (Å²) in [5.41, 5.74) is 0. The summed E-state index contributed by atoms with van der Waals surface area (Å²) in [6.07, 6.45) is 14.5. The predicted molar refractivity (Wildman–Crippen MR) is 72.7 cm³/mol. The number of unbranched alkanes of at least 4 members (excludes halogenated alkanes) is 8. The zero-order valence-electron chi connectivity index (χ0n) is 11.7. The van der Waals surface area contributed by atoms with Crippen LogP contribution in [0.25, 0.3) is 0 Å². The second kappa shape index (κ2) is 17.3. The maximum absolute atomic E-state index is 6.50. The quantitative estimate of drug-likeness (QED) is 0.415. The second-order valence-corrected chi connectivity index (χ2v) is 5.01. The van der Waals surface area contributed by atoms with E-state index in [2.05, 4.69) is 26.7 Å². The fourth-order valence-corrected chi connectivity index (χ4v) is 1.86. The van der Waals surface area contributed by atoms with Crippen molar-refractivity contribution in [2.45, 2.75) is 85.0 Å². The van der Waals surface area contributed by atoms with Gasteiger partial charge >= 0.3 is 0 Å². The van der Waals surface area contributed by atoms with Crippen molar-refractivity contribution in [2.24, 2.45) is 11.8 Å². The maximum atomic E-state index is 6.50. The lowest BCUT2D eigenvalue weighted by molar-refractivity contribution is 0.311. The van der Waals surface area contributed by atoms with Crippen molar-refractivity contribution in [2.75, 3.05) is 0 Å². The molecule has 0 amide bonds. The lowest BCUT2D eigenvalue weighted by Crippen LogP contribution is -1.87. The van der Waals surface area contributed by atoms with Gasteiger partial charge in [-0.3, -0.25) is 0 Å². The van der Waals surface area contributed by atoms with Gasteiger partial charge in [0.25, 0.3) is 0 Å². The van der Waals surface area contributed by atoms with E-state index in [1.165, 1.54) is 64.2 Å². The molecule has 2 heteroatoms. The van der Waals surface area contributed by atoms with Crippen LogP contribution in [-0.2, 0) is 0 Å². The number of hydrogen-bond donors (Lipinski definition) is 2. The van der Waals surface area contributed by atoms with E-state index in [0.29, 0.717) is 0 Å². The summed E-state index contributed by atoms with van der Waals surface area (Å²) in [6, 6.07) is 0. The minimum absolute atomic E-state index is 0.902. The standard InChI is InChI=1S/C14H30.H3NO/c1-4-5-6-7-8-9-10-11-12-13-14(2)3;1-2/h14H,4-13H2,1-3H3;2H,1H2. The average Bonchev–Trinajstić information content (AvgIpc) is 2.29. The highest BCUT2D eigenvalue weighted by Crippen LogP contribution is 2.12. The fourth-order valence-electron chi connectivity index (χ4n) is 1.86. The molecule has 0 aromatic rings. The maximum Gasteiger partial charge on any atom is -0.0471 e. The van der Waals surface area contributed by atoms with Crippen molar-refractivity contribution in [3.63, 3.8) is 0 Å². The number of rotatable bonds is 10. The number of nitrogens with two attached hydrogens (primary N) is 1. The van der Waals surface area contributed by atoms with Gasteiger partial charge < -0.3 is 5.21 Å². The minimum atomic E-state index is 0.902. The molecule has 0 aliphatic carbocycles. The second-order valence-electron chi connectivity index (χ2n) is 5.01. The van der Waals surface area contributed by atoms with E-state index in [4.69, 9.17) is 5.21 Å². The molecule has 2 nitrogen and oxygen atoms in total.